The van der Waals surface area contributed by atoms with Crippen LogP contribution in [0.5, 0.6) is 0 Å². The lowest BCUT2D eigenvalue weighted by molar-refractivity contribution is -0.137. The number of H-pyrrole nitrogens is 1. The van der Waals surface area contributed by atoms with Gasteiger partial charge in [0.2, 0.25) is 5.91 Å². The quantitative estimate of drug-likeness (QED) is 0.192. The lowest BCUT2D eigenvalue weighted by Crippen LogP contribution is -2.14. The summed E-state index contributed by atoms with van der Waals surface area (Å²) in [6.07, 6.45) is -1.90. The summed E-state index contributed by atoms with van der Waals surface area (Å²) >= 11 is 0. The summed E-state index contributed by atoms with van der Waals surface area (Å²) < 4.78 is 66.7. The molecule has 1 aromatic heterocycles. The highest BCUT2D eigenvalue weighted by Gasteiger charge is 2.31. The molecule has 0 unspecified atom stereocenters. The van der Waals surface area contributed by atoms with Gasteiger partial charge in [-0.1, -0.05) is 42.5 Å². The molecule has 0 radical (unpaired) electrons. The maximum absolute atomic E-state index is 13.0. The van der Waals surface area contributed by atoms with Crippen molar-refractivity contribution in [2.24, 2.45) is 0 Å². The lowest BCUT2D eigenvalue weighted by atomic mass is 10.1. The van der Waals surface area contributed by atoms with Crippen molar-refractivity contribution >= 4 is 44.4 Å². The number of hydrogen-bond acceptors (Lipinski definition) is 4. The summed E-state index contributed by atoms with van der Waals surface area (Å²) in [5.74, 6) is 0.167. The van der Waals surface area contributed by atoms with Gasteiger partial charge in [-0.2, -0.15) is 13.2 Å². The van der Waals surface area contributed by atoms with Gasteiger partial charge in [0.25, 0.3) is 10.0 Å². The molecule has 0 bridgehead atoms. The van der Waals surface area contributed by atoms with Gasteiger partial charge in [0.05, 0.1) is 27.2 Å². The second-order valence-corrected chi connectivity index (χ2v) is 10.4. The molecule has 0 saturated carbocycles. The van der Waals surface area contributed by atoms with E-state index in [0.717, 1.165) is 29.2 Å². The van der Waals surface area contributed by atoms with Crippen molar-refractivity contribution in [1.29, 1.82) is 0 Å². The molecule has 0 fully saturated rings. The maximum atomic E-state index is 13.0. The molecular weight excluding hydrogens is 541 g/mol. The van der Waals surface area contributed by atoms with Crippen molar-refractivity contribution in [3.8, 4) is 11.4 Å². The van der Waals surface area contributed by atoms with Gasteiger partial charge in [-0.05, 0) is 66.2 Å². The highest BCUT2D eigenvalue weighted by atomic mass is 32.2. The fraction of sp³-hybridized carbons (Fsp3) is 0.0345. The Kier molecular flexibility index (Phi) is 7.14. The van der Waals surface area contributed by atoms with Gasteiger partial charge in [-0.25, -0.2) is 13.4 Å². The van der Waals surface area contributed by atoms with Crippen LogP contribution in [-0.2, 0) is 21.0 Å². The molecule has 40 heavy (non-hydrogen) atoms. The summed E-state index contributed by atoms with van der Waals surface area (Å²) in [6.45, 7) is 0. The van der Waals surface area contributed by atoms with Crippen LogP contribution in [0.1, 0.15) is 11.1 Å². The van der Waals surface area contributed by atoms with Crippen molar-refractivity contribution in [3.05, 3.63) is 114 Å². The molecule has 0 spiro atoms. The Bertz CT molecular complexity index is 1810. The number of aromatic nitrogens is 2. The Morgan fingerprint density at radius 3 is 2.42 bits per heavy atom. The predicted octanol–water partition coefficient (Wildman–Crippen LogP) is 6.70. The van der Waals surface area contributed by atoms with Gasteiger partial charge in [0.15, 0.2) is 0 Å². The highest BCUT2D eigenvalue weighted by Crippen LogP contribution is 2.31. The number of amides is 1. The number of para-hydroxylation sites is 3. The fourth-order valence-corrected chi connectivity index (χ4v) is 5.08. The van der Waals surface area contributed by atoms with Crippen molar-refractivity contribution in [1.82, 2.24) is 9.97 Å². The number of imidazole rings is 1. The number of benzene rings is 4. The second kappa shape index (κ2) is 10.7. The molecule has 0 saturated heterocycles. The van der Waals surface area contributed by atoms with Crippen LogP contribution < -0.4 is 10.0 Å². The lowest BCUT2D eigenvalue weighted by Gasteiger charge is -2.11. The number of nitrogens with zero attached hydrogens (tertiary/aromatic N) is 1. The molecule has 1 amide bonds. The number of nitrogens with one attached hydrogen (secondary N) is 3. The predicted molar refractivity (Wildman–Crippen MR) is 148 cm³/mol. The third-order valence-corrected chi connectivity index (χ3v) is 7.25. The average Bonchev–Trinajstić information content (AvgIpc) is 3.36. The van der Waals surface area contributed by atoms with Gasteiger partial charge < -0.3 is 10.3 Å². The van der Waals surface area contributed by atoms with Crippen LogP contribution in [-0.4, -0.2) is 24.3 Å². The van der Waals surface area contributed by atoms with E-state index in [1.807, 2.05) is 36.4 Å². The van der Waals surface area contributed by atoms with Crippen LogP contribution in [0, 0.1) is 0 Å². The summed E-state index contributed by atoms with van der Waals surface area (Å²) in [5, 5.41) is 2.83. The molecule has 4 aromatic carbocycles. The van der Waals surface area contributed by atoms with Crippen LogP contribution in [0.2, 0.25) is 0 Å². The van der Waals surface area contributed by atoms with E-state index in [2.05, 4.69) is 20.0 Å². The minimum Gasteiger partial charge on any atom is -0.338 e. The summed E-state index contributed by atoms with van der Waals surface area (Å²) in [7, 11) is -4.29. The van der Waals surface area contributed by atoms with Crippen molar-refractivity contribution in [2.75, 3.05) is 10.0 Å². The Hall–Kier alpha value is -4.90. The first-order chi connectivity index (χ1) is 19.1. The van der Waals surface area contributed by atoms with Gasteiger partial charge in [0, 0.05) is 17.3 Å². The molecule has 0 aliphatic heterocycles. The fourth-order valence-electron chi connectivity index (χ4n) is 3.98. The van der Waals surface area contributed by atoms with Gasteiger partial charge in [0.1, 0.15) is 5.82 Å². The Morgan fingerprint density at radius 1 is 0.875 bits per heavy atom. The van der Waals surface area contributed by atoms with Crippen molar-refractivity contribution < 1.29 is 26.4 Å². The van der Waals surface area contributed by atoms with Gasteiger partial charge in [-0.3, -0.25) is 9.52 Å². The van der Waals surface area contributed by atoms with Crippen LogP contribution in [0.25, 0.3) is 28.5 Å². The number of sulfonamides is 1. The Morgan fingerprint density at radius 2 is 1.62 bits per heavy atom. The van der Waals surface area contributed by atoms with E-state index >= 15 is 0 Å². The minimum absolute atomic E-state index is 0.121. The zero-order valence-electron chi connectivity index (χ0n) is 20.6. The summed E-state index contributed by atoms with van der Waals surface area (Å²) in [5.41, 5.74) is 2.44. The number of anilines is 2. The van der Waals surface area contributed by atoms with E-state index in [4.69, 9.17) is 0 Å². The molecule has 5 aromatic rings. The van der Waals surface area contributed by atoms with E-state index in [9.17, 15) is 26.4 Å². The molecule has 0 atom stereocenters. The normalized spacial score (nSPS) is 12.1. The van der Waals surface area contributed by atoms with Crippen molar-refractivity contribution in [2.45, 2.75) is 11.1 Å². The minimum atomic E-state index is -4.68. The van der Waals surface area contributed by atoms with E-state index < -0.39 is 32.6 Å². The third-order valence-electron chi connectivity index (χ3n) is 5.87. The van der Waals surface area contributed by atoms with Crippen LogP contribution >= 0.6 is 0 Å². The first-order valence-electron chi connectivity index (χ1n) is 11.9. The molecule has 11 heteroatoms. The highest BCUT2D eigenvalue weighted by molar-refractivity contribution is 7.92. The molecule has 0 aliphatic carbocycles. The molecule has 202 valence electrons. The second-order valence-electron chi connectivity index (χ2n) is 8.73. The Balaban J connectivity index is 1.30. The van der Waals surface area contributed by atoms with Gasteiger partial charge in [-0.15, -0.1) is 0 Å². The first kappa shape index (κ1) is 26.7. The SMILES string of the molecule is O=C(/C=C/c1cccc(NS(=O)(=O)c2cccc(C(F)(F)F)c2)c1)Nc1ccccc1-c1nc2ccccc2[nH]1. The summed E-state index contributed by atoms with van der Waals surface area (Å²) in [4.78, 5) is 20.0. The van der Waals surface area contributed by atoms with Gasteiger partial charge >= 0.3 is 6.18 Å². The number of aromatic amines is 1. The van der Waals surface area contributed by atoms with E-state index in [1.54, 1.807) is 24.3 Å². The third kappa shape index (κ3) is 6.05. The number of hydrogen-bond donors (Lipinski definition) is 3. The molecule has 0 aliphatic rings. The number of fused-ring (bicyclic) bond motifs is 1. The Labute approximate surface area is 227 Å². The monoisotopic (exact) mass is 562 g/mol. The molecule has 7 nitrogen and oxygen atoms in total. The van der Waals surface area contributed by atoms with Crippen LogP contribution in [0.3, 0.4) is 0 Å². The number of carbonyl (C=O) groups excluding carboxylic acids is 1. The molecular formula is C29H21F3N4O3S. The first-order valence-corrected chi connectivity index (χ1v) is 13.4. The molecule has 3 N–H and O–H groups in total. The van der Waals surface area contributed by atoms with E-state index in [-0.39, 0.29) is 5.69 Å². The molecule has 1 heterocycles. The number of rotatable bonds is 7. The standard InChI is InChI=1S/C29H21F3N4O3S/c30-29(31,32)20-8-6-10-22(18-20)40(38,39)36-21-9-5-7-19(17-21)15-16-27(37)33-24-12-2-1-11-23(24)28-34-25-13-3-4-14-26(25)35-28/h1-18,36H,(H,33,37)(H,34,35)/b16-15+. The maximum Gasteiger partial charge on any atom is 0.416 e. The summed E-state index contributed by atoms with van der Waals surface area (Å²) in [6, 6.07) is 24.3. The van der Waals surface area contributed by atoms with Crippen LogP contribution in [0.4, 0.5) is 24.5 Å². The number of carbonyl (C=O) groups is 1. The van der Waals surface area contributed by atoms with Crippen LogP contribution in [0.15, 0.2) is 108 Å². The zero-order chi connectivity index (χ0) is 28.3. The number of alkyl halides is 3. The van der Waals surface area contributed by atoms with Crippen molar-refractivity contribution in [3.63, 3.8) is 0 Å². The smallest absolute Gasteiger partial charge is 0.338 e. The zero-order valence-corrected chi connectivity index (χ0v) is 21.4. The largest absolute Gasteiger partial charge is 0.416 e. The number of halogens is 3. The average molecular weight is 563 g/mol. The van der Waals surface area contributed by atoms with E-state index in [1.165, 1.54) is 24.3 Å². The van der Waals surface area contributed by atoms with E-state index in [0.29, 0.717) is 28.7 Å². The molecule has 5 rings (SSSR count). The topological polar surface area (TPSA) is 104 Å².